The van der Waals surface area contributed by atoms with Gasteiger partial charge >= 0.3 is 0 Å². The van der Waals surface area contributed by atoms with E-state index in [1.54, 1.807) is 12.1 Å². The van der Waals surface area contributed by atoms with Crippen LogP contribution in [0.15, 0.2) is 59.4 Å². The van der Waals surface area contributed by atoms with Gasteiger partial charge < -0.3 is 4.98 Å². The first kappa shape index (κ1) is 12.6. The Balaban J connectivity index is 2.50. The SMILES string of the molecule is O=C(Cl)c1[nH]c(=O)c2ccccc2c1-c1ccccc1. The molecule has 3 rings (SSSR count). The van der Waals surface area contributed by atoms with Crippen molar-refractivity contribution in [1.29, 1.82) is 0 Å². The number of rotatable bonds is 2. The smallest absolute Gasteiger partial charge is 0.269 e. The molecule has 0 bridgehead atoms. The first-order valence-corrected chi connectivity index (χ1v) is 6.46. The minimum absolute atomic E-state index is 0.126. The van der Waals surface area contributed by atoms with Crippen molar-refractivity contribution in [2.45, 2.75) is 0 Å². The third kappa shape index (κ3) is 2.02. The fraction of sp³-hybridized carbons (Fsp3) is 0. The highest BCUT2D eigenvalue weighted by molar-refractivity contribution is 6.68. The van der Waals surface area contributed by atoms with Crippen LogP contribution in [0.3, 0.4) is 0 Å². The maximum Gasteiger partial charge on any atom is 0.269 e. The van der Waals surface area contributed by atoms with Crippen LogP contribution in [0.4, 0.5) is 0 Å². The maximum atomic E-state index is 12.0. The summed E-state index contributed by atoms with van der Waals surface area (Å²) in [6.45, 7) is 0. The Morgan fingerprint density at radius 2 is 1.50 bits per heavy atom. The van der Waals surface area contributed by atoms with Gasteiger partial charge in [0.25, 0.3) is 10.8 Å². The Morgan fingerprint density at radius 1 is 0.900 bits per heavy atom. The molecule has 0 amide bonds. The zero-order valence-electron chi connectivity index (χ0n) is 10.4. The zero-order chi connectivity index (χ0) is 14.1. The quantitative estimate of drug-likeness (QED) is 0.731. The largest absolute Gasteiger partial charge is 0.317 e. The van der Waals surface area contributed by atoms with E-state index in [9.17, 15) is 9.59 Å². The number of hydrogen-bond acceptors (Lipinski definition) is 2. The number of aromatic amines is 1. The molecule has 0 saturated heterocycles. The van der Waals surface area contributed by atoms with E-state index in [4.69, 9.17) is 11.6 Å². The second-order valence-corrected chi connectivity index (χ2v) is 4.73. The molecule has 0 unspecified atom stereocenters. The predicted molar refractivity (Wildman–Crippen MR) is 80.2 cm³/mol. The van der Waals surface area contributed by atoms with Crippen molar-refractivity contribution >= 4 is 27.6 Å². The first-order valence-electron chi connectivity index (χ1n) is 6.09. The Bertz CT molecular complexity index is 853. The van der Waals surface area contributed by atoms with Crippen LogP contribution in [-0.4, -0.2) is 10.2 Å². The maximum absolute atomic E-state index is 12.0. The molecule has 0 aliphatic heterocycles. The van der Waals surface area contributed by atoms with Gasteiger partial charge in [-0.3, -0.25) is 9.59 Å². The molecule has 0 atom stereocenters. The normalized spacial score (nSPS) is 10.7. The van der Waals surface area contributed by atoms with E-state index in [0.29, 0.717) is 16.3 Å². The molecule has 20 heavy (non-hydrogen) atoms. The summed E-state index contributed by atoms with van der Waals surface area (Å²) in [4.78, 5) is 26.2. The summed E-state index contributed by atoms with van der Waals surface area (Å²) in [5.74, 6) is 0. The Morgan fingerprint density at radius 3 is 2.15 bits per heavy atom. The number of carbonyl (C=O) groups excluding carboxylic acids is 1. The number of benzene rings is 2. The summed E-state index contributed by atoms with van der Waals surface area (Å²) in [5, 5.41) is 0.575. The van der Waals surface area contributed by atoms with Gasteiger partial charge in [0.15, 0.2) is 0 Å². The number of fused-ring (bicyclic) bond motifs is 1. The van der Waals surface area contributed by atoms with Crippen LogP contribution < -0.4 is 5.56 Å². The van der Waals surface area contributed by atoms with E-state index < -0.39 is 5.24 Å². The third-order valence-corrected chi connectivity index (χ3v) is 3.38. The molecule has 98 valence electrons. The molecule has 4 heteroatoms. The molecule has 3 nitrogen and oxygen atoms in total. The molecule has 0 saturated carbocycles. The molecule has 1 aromatic heterocycles. The Labute approximate surface area is 119 Å². The van der Waals surface area contributed by atoms with Crippen LogP contribution in [0.5, 0.6) is 0 Å². The van der Waals surface area contributed by atoms with E-state index in [1.165, 1.54) is 0 Å². The number of hydrogen-bond donors (Lipinski definition) is 1. The lowest BCUT2D eigenvalue weighted by molar-refractivity contribution is 0.107. The van der Waals surface area contributed by atoms with Crippen molar-refractivity contribution in [3.8, 4) is 11.1 Å². The van der Waals surface area contributed by atoms with Gasteiger partial charge in [-0.25, -0.2) is 0 Å². The first-order chi connectivity index (χ1) is 9.68. The van der Waals surface area contributed by atoms with Crippen LogP contribution in [0.2, 0.25) is 0 Å². The van der Waals surface area contributed by atoms with Gasteiger partial charge in [-0.1, -0.05) is 48.5 Å². The Kier molecular flexibility index (Phi) is 3.12. The standard InChI is InChI=1S/C16H10ClNO2/c17-15(19)14-13(10-6-2-1-3-7-10)11-8-4-5-9-12(11)16(20)18-14/h1-9H,(H,18,20). The number of aromatic nitrogens is 1. The van der Waals surface area contributed by atoms with Crippen molar-refractivity contribution in [2.24, 2.45) is 0 Å². The summed E-state index contributed by atoms with van der Waals surface area (Å²) in [7, 11) is 0. The fourth-order valence-electron chi connectivity index (χ4n) is 2.33. The highest BCUT2D eigenvalue weighted by Crippen LogP contribution is 2.29. The molecule has 0 radical (unpaired) electrons. The van der Waals surface area contributed by atoms with Crippen molar-refractivity contribution < 1.29 is 4.79 Å². The number of pyridine rings is 1. The average molecular weight is 284 g/mol. The molecular formula is C16H10ClNO2. The summed E-state index contributed by atoms with van der Waals surface area (Å²) in [6.07, 6.45) is 0. The zero-order valence-corrected chi connectivity index (χ0v) is 11.1. The number of carbonyl (C=O) groups is 1. The summed E-state index contributed by atoms with van der Waals surface area (Å²) in [6, 6.07) is 16.5. The van der Waals surface area contributed by atoms with E-state index in [2.05, 4.69) is 4.98 Å². The molecule has 0 fully saturated rings. The van der Waals surface area contributed by atoms with Gasteiger partial charge in [-0.05, 0) is 28.6 Å². The number of nitrogens with one attached hydrogen (secondary N) is 1. The summed E-state index contributed by atoms with van der Waals surface area (Å²) in [5.41, 5.74) is 1.30. The lowest BCUT2D eigenvalue weighted by atomic mass is 9.98. The molecular weight excluding hydrogens is 274 g/mol. The second kappa shape index (κ2) is 4.94. The monoisotopic (exact) mass is 283 g/mol. The number of H-pyrrole nitrogens is 1. The topological polar surface area (TPSA) is 49.9 Å². The molecule has 1 heterocycles. The Hall–Kier alpha value is -2.39. The summed E-state index contributed by atoms with van der Waals surface area (Å²) >= 11 is 5.62. The van der Waals surface area contributed by atoms with Crippen LogP contribution in [0.25, 0.3) is 21.9 Å². The van der Waals surface area contributed by atoms with Gasteiger partial charge in [0, 0.05) is 10.9 Å². The molecule has 0 spiro atoms. The van der Waals surface area contributed by atoms with Gasteiger partial charge in [0.2, 0.25) is 0 Å². The highest BCUT2D eigenvalue weighted by Gasteiger charge is 2.16. The molecule has 1 N–H and O–H groups in total. The molecule has 0 aliphatic carbocycles. The fourth-order valence-corrected chi connectivity index (χ4v) is 2.47. The molecule has 2 aromatic carbocycles. The second-order valence-electron chi connectivity index (χ2n) is 4.39. The molecule has 0 aliphatic rings. The van der Waals surface area contributed by atoms with Gasteiger partial charge in [0.1, 0.15) is 5.69 Å². The van der Waals surface area contributed by atoms with Crippen LogP contribution in [-0.2, 0) is 0 Å². The lowest BCUT2D eigenvalue weighted by Gasteiger charge is -2.10. The van der Waals surface area contributed by atoms with Gasteiger partial charge in [-0.2, -0.15) is 0 Å². The third-order valence-electron chi connectivity index (χ3n) is 3.19. The van der Waals surface area contributed by atoms with Crippen LogP contribution in [0, 0.1) is 0 Å². The van der Waals surface area contributed by atoms with Crippen molar-refractivity contribution in [1.82, 2.24) is 4.98 Å². The predicted octanol–water partition coefficient (Wildman–Crippen LogP) is 3.57. The lowest BCUT2D eigenvalue weighted by Crippen LogP contribution is -2.13. The van der Waals surface area contributed by atoms with E-state index >= 15 is 0 Å². The van der Waals surface area contributed by atoms with Crippen molar-refractivity contribution in [3.63, 3.8) is 0 Å². The molecule has 3 aromatic rings. The summed E-state index contributed by atoms with van der Waals surface area (Å²) < 4.78 is 0. The van der Waals surface area contributed by atoms with Crippen LogP contribution >= 0.6 is 11.6 Å². The van der Waals surface area contributed by atoms with E-state index in [-0.39, 0.29) is 11.3 Å². The minimum atomic E-state index is -0.674. The highest BCUT2D eigenvalue weighted by atomic mass is 35.5. The van der Waals surface area contributed by atoms with Crippen molar-refractivity contribution in [3.05, 3.63) is 70.6 Å². The minimum Gasteiger partial charge on any atom is -0.317 e. The number of halogens is 1. The van der Waals surface area contributed by atoms with Gasteiger partial charge in [-0.15, -0.1) is 0 Å². The van der Waals surface area contributed by atoms with E-state index in [1.807, 2.05) is 42.5 Å². The van der Waals surface area contributed by atoms with Gasteiger partial charge in [0.05, 0.1) is 0 Å². The van der Waals surface area contributed by atoms with Crippen LogP contribution in [0.1, 0.15) is 10.5 Å². The van der Waals surface area contributed by atoms with E-state index in [0.717, 1.165) is 5.56 Å². The van der Waals surface area contributed by atoms with Crippen molar-refractivity contribution in [2.75, 3.05) is 0 Å². The average Bonchev–Trinajstić information content (AvgIpc) is 2.48.